The molecular weight excluding hydrogens is 266 g/mol. The molecule has 0 unspecified atom stereocenters. The summed E-state index contributed by atoms with van der Waals surface area (Å²) >= 11 is 6.56. The number of nitrogens with two attached hydrogens (primary N) is 1. The average molecular weight is 279 g/mol. The van der Waals surface area contributed by atoms with Crippen LogP contribution in [0.2, 0.25) is 0 Å². The summed E-state index contributed by atoms with van der Waals surface area (Å²) in [7, 11) is 0. The SMILES string of the molecule is Cc1cc(C(N)=S)nc(NCc2cnc(C)s2)n1. The lowest BCUT2D eigenvalue weighted by Gasteiger charge is -2.06. The van der Waals surface area contributed by atoms with E-state index in [1.165, 1.54) is 0 Å². The Morgan fingerprint density at radius 2 is 2.22 bits per heavy atom. The second kappa shape index (κ2) is 5.36. The van der Waals surface area contributed by atoms with Crippen molar-refractivity contribution in [2.45, 2.75) is 20.4 Å². The number of thiazole rings is 1. The normalized spacial score (nSPS) is 10.3. The molecule has 2 heterocycles. The predicted octanol–water partition coefficient (Wildman–Crippen LogP) is 1.80. The first-order chi connectivity index (χ1) is 8.54. The number of rotatable bonds is 4. The molecule has 2 aromatic rings. The Morgan fingerprint density at radius 1 is 1.44 bits per heavy atom. The molecule has 0 aliphatic carbocycles. The second-order valence-electron chi connectivity index (χ2n) is 3.78. The van der Waals surface area contributed by atoms with Crippen LogP contribution in [0.5, 0.6) is 0 Å². The topological polar surface area (TPSA) is 76.7 Å². The Labute approximate surface area is 114 Å². The fourth-order valence-electron chi connectivity index (χ4n) is 1.43. The minimum Gasteiger partial charge on any atom is -0.388 e. The van der Waals surface area contributed by atoms with Gasteiger partial charge in [-0.05, 0) is 19.9 Å². The number of aromatic nitrogens is 3. The molecule has 3 N–H and O–H groups in total. The quantitative estimate of drug-likeness (QED) is 0.831. The summed E-state index contributed by atoms with van der Waals surface area (Å²) in [6, 6.07) is 1.77. The van der Waals surface area contributed by atoms with Gasteiger partial charge in [0.15, 0.2) is 0 Å². The van der Waals surface area contributed by atoms with Gasteiger partial charge in [0, 0.05) is 16.8 Å². The lowest BCUT2D eigenvalue weighted by molar-refractivity contribution is 1.03. The van der Waals surface area contributed by atoms with Crippen LogP contribution in [0.3, 0.4) is 0 Å². The van der Waals surface area contributed by atoms with Gasteiger partial charge in [0.25, 0.3) is 0 Å². The second-order valence-corrected chi connectivity index (χ2v) is 5.54. The van der Waals surface area contributed by atoms with E-state index in [-0.39, 0.29) is 4.99 Å². The van der Waals surface area contributed by atoms with Crippen molar-refractivity contribution < 1.29 is 0 Å². The Hall–Kier alpha value is -1.60. The summed E-state index contributed by atoms with van der Waals surface area (Å²) < 4.78 is 0. The van der Waals surface area contributed by atoms with Crippen molar-refractivity contribution in [3.05, 3.63) is 33.5 Å². The van der Waals surface area contributed by atoms with Crippen LogP contribution >= 0.6 is 23.6 Å². The molecule has 0 fully saturated rings. The summed E-state index contributed by atoms with van der Waals surface area (Å²) in [5, 5.41) is 4.19. The monoisotopic (exact) mass is 279 g/mol. The third-order valence-corrected chi connectivity index (χ3v) is 3.32. The fraction of sp³-hybridized carbons (Fsp3) is 0.273. The Bertz CT molecular complexity index is 579. The van der Waals surface area contributed by atoms with Crippen molar-refractivity contribution in [1.82, 2.24) is 15.0 Å². The molecule has 0 atom stereocenters. The maximum absolute atomic E-state index is 5.57. The minimum absolute atomic E-state index is 0.275. The van der Waals surface area contributed by atoms with Gasteiger partial charge < -0.3 is 11.1 Å². The van der Waals surface area contributed by atoms with Crippen molar-refractivity contribution in [3.63, 3.8) is 0 Å². The van der Waals surface area contributed by atoms with Crippen LogP contribution in [0.4, 0.5) is 5.95 Å². The van der Waals surface area contributed by atoms with Crippen LogP contribution in [-0.2, 0) is 6.54 Å². The van der Waals surface area contributed by atoms with E-state index < -0.39 is 0 Å². The number of anilines is 1. The Kier molecular flexibility index (Phi) is 3.83. The highest BCUT2D eigenvalue weighted by molar-refractivity contribution is 7.80. The van der Waals surface area contributed by atoms with Crippen LogP contribution in [0.1, 0.15) is 21.3 Å². The molecule has 0 aliphatic heterocycles. The van der Waals surface area contributed by atoms with Gasteiger partial charge in [0.2, 0.25) is 5.95 Å². The highest BCUT2D eigenvalue weighted by Crippen LogP contribution is 2.13. The molecule has 0 spiro atoms. The highest BCUT2D eigenvalue weighted by Gasteiger charge is 2.05. The summed E-state index contributed by atoms with van der Waals surface area (Å²) in [4.78, 5) is 14.1. The van der Waals surface area contributed by atoms with Crippen LogP contribution in [-0.4, -0.2) is 19.9 Å². The maximum Gasteiger partial charge on any atom is 0.223 e. The molecule has 0 amide bonds. The molecule has 0 radical (unpaired) electrons. The first-order valence-electron chi connectivity index (χ1n) is 5.35. The van der Waals surface area contributed by atoms with E-state index in [4.69, 9.17) is 18.0 Å². The van der Waals surface area contributed by atoms with Gasteiger partial charge in [0.05, 0.1) is 11.6 Å². The number of nitrogens with one attached hydrogen (secondary N) is 1. The molecule has 18 heavy (non-hydrogen) atoms. The molecule has 7 heteroatoms. The van der Waals surface area contributed by atoms with E-state index in [2.05, 4.69) is 20.3 Å². The summed E-state index contributed by atoms with van der Waals surface area (Å²) in [6.45, 7) is 4.50. The lowest BCUT2D eigenvalue weighted by atomic mass is 10.3. The van der Waals surface area contributed by atoms with E-state index in [0.29, 0.717) is 18.2 Å². The van der Waals surface area contributed by atoms with Gasteiger partial charge in [-0.2, -0.15) is 0 Å². The molecule has 0 saturated heterocycles. The molecule has 0 bridgehead atoms. The van der Waals surface area contributed by atoms with Crippen LogP contribution < -0.4 is 11.1 Å². The van der Waals surface area contributed by atoms with Crippen molar-refractivity contribution in [2.24, 2.45) is 5.73 Å². The molecule has 94 valence electrons. The van der Waals surface area contributed by atoms with E-state index in [1.807, 2.05) is 20.0 Å². The van der Waals surface area contributed by atoms with Crippen LogP contribution in [0, 0.1) is 13.8 Å². The van der Waals surface area contributed by atoms with Crippen molar-refractivity contribution in [1.29, 1.82) is 0 Å². The molecule has 0 aromatic carbocycles. The Morgan fingerprint density at radius 3 is 2.83 bits per heavy atom. The summed E-state index contributed by atoms with van der Waals surface area (Å²) in [5.74, 6) is 0.531. The molecule has 0 aliphatic rings. The average Bonchev–Trinajstić information content (AvgIpc) is 2.72. The molecular formula is C11H13N5S2. The molecule has 5 nitrogen and oxygen atoms in total. The van der Waals surface area contributed by atoms with Crippen molar-refractivity contribution in [2.75, 3.05) is 5.32 Å². The summed E-state index contributed by atoms with van der Waals surface area (Å²) in [5.41, 5.74) is 6.98. The predicted molar refractivity (Wildman–Crippen MR) is 76.8 cm³/mol. The standard InChI is InChI=1S/C11H13N5S2/c1-6-3-9(10(12)17)16-11(15-6)14-5-8-4-13-7(2)18-8/h3-4H,5H2,1-2H3,(H2,12,17)(H,14,15,16). The zero-order valence-electron chi connectivity index (χ0n) is 10.1. The highest BCUT2D eigenvalue weighted by atomic mass is 32.1. The summed E-state index contributed by atoms with van der Waals surface area (Å²) in [6.07, 6.45) is 1.84. The van der Waals surface area contributed by atoms with Gasteiger partial charge in [-0.1, -0.05) is 12.2 Å². The zero-order chi connectivity index (χ0) is 13.1. The van der Waals surface area contributed by atoms with Gasteiger partial charge >= 0.3 is 0 Å². The largest absolute Gasteiger partial charge is 0.388 e. The molecule has 0 saturated carbocycles. The van der Waals surface area contributed by atoms with E-state index in [1.54, 1.807) is 17.4 Å². The van der Waals surface area contributed by atoms with Gasteiger partial charge in [-0.3, -0.25) is 0 Å². The third kappa shape index (κ3) is 3.21. The third-order valence-electron chi connectivity index (χ3n) is 2.20. The number of thiocarbonyl (C=S) groups is 1. The number of nitrogens with zero attached hydrogens (tertiary/aromatic N) is 3. The lowest BCUT2D eigenvalue weighted by Crippen LogP contribution is -2.14. The molecule has 2 aromatic heterocycles. The fourth-order valence-corrected chi connectivity index (χ4v) is 2.27. The smallest absolute Gasteiger partial charge is 0.223 e. The number of hydrogen-bond acceptors (Lipinski definition) is 6. The first-order valence-corrected chi connectivity index (χ1v) is 6.58. The van der Waals surface area contributed by atoms with E-state index >= 15 is 0 Å². The van der Waals surface area contributed by atoms with E-state index in [9.17, 15) is 0 Å². The molecule has 2 rings (SSSR count). The van der Waals surface area contributed by atoms with Gasteiger partial charge in [-0.15, -0.1) is 11.3 Å². The first kappa shape index (κ1) is 12.8. The van der Waals surface area contributed by atoms with Gasteiger partial charge in [0.1, 0.15) is 10.7 Å². The zero-order valence-corrected chi connectivity index (χ0v) is 11.7. The van der Waals surface area contributed by atoms with Crippen molar-refractivity contribution >= 4 is 34.5 Å². The minimum atomic E-state index is 0.275. The van der Waals surface area contributed by atoms with Crippen molar-refractivity contribution in [3.8, 4) is 0 Å². The van der Waals surface area contributed by atoms with Crippen LogP contribution in [0.25, 0.3) is 0 Å². The van der Waals surface area contributed by atoms with Gasteiger partial charge in [-0.25, -0.2) is 15.0 Å². The van der Waals surface area contributed by atoms with Crippen LogP contribution in [0.15, 0.2) is 12.3 Å². The van der Waals surface area contributed by atoms with E-state index in [0.717, 1.165) is 15.6 Å². The number of hydrogen-bond donors (Lipinski definition) is 2. The maximum atomic E-state index is 5.57. The number of aryl methyl sites for hydroxylation is 2. The Balaban J connectivity index is 2.11.